The zero-order valence-corrected chi connectivity index (χ0v) is 15.7. The van der Waals surface area contributed by atoms with Crippen molar-refractivity contribution in [2.24, 2.45) is 5.92 Å². The van der Waals surface area contributed by atoms with Gasteiger partial charge in [0.2, 0.25) is 0 Å². The molecule has 1 fully saturated rings. The summed E-state index contributed by atoms with van der Waals surface area (Å²) >= 11 is 0. The van der Waals surface area contributed by atoms with Gasteiger partial charge in [0.05, 0.1) is 12.5 Å². The van der Waals surface area contributed by atoms with Gasteiger partial charge in [0, 0.05) is 6.61 Å². The van der Waals surface area contributed by atoms with Crippen LogP contribution < -0.4 is 5.32 Å². The number of aliphatic carboxylic acids is 1. The molecule has 1 saturated heterocycles. The number of carboxylic acid groups (broad SMARTS) is 1. The molecule has 1 aromatic rings. The van der Waals surface area contributed by atoms with E-state index in [4.69, 9.17) is 9.84 Å². The van der Waals surface area contributed by atoms with Gasteiger partial charge in [0.25, 0.3) is 0 Å². The molecule has 4 nitrogen and oxygen atoms in total. The lowest BCUT2D eigenvalue weighted by Crippen LogP contribution is -2.21. The minimum Gasteiger partial charge on any atom is -0.481 e. The quantitative estimate of drug-likeness (QED) is 0.604. The molecule has 142 valence electrons. The first kappa shape index (κ1) is 21.7. The lowest BCUT2D eigenvalue weighted by Gasteiger charge is -2.10. The maximum atomic E-state index is 11.0. The standard InChI is InChI=1S/C16H24O3.C5H11N/c1-2-8-15(16(17)18)11-6-7-12-19-13-14-9-4-3-5-10-14;1-2-4-6-5-3-1/h3-5,9-10,15H,2,6-8,11-13H2,1H3,(H,17,18);6H,1-5H2. The smallest absolute Gasteiger partial charge is 0.306 e. The van der Waals surface area contributed by atoms with Crippen molar-refractivity contribution in [2.45, 2.75) is 64.9 Å². The number of piperidine rings is 1. The minimum atomic E-state index is -0.660. The summed E-state index contributed by atoms with van der Waals surface area (Å²) in [6.07, 6.45) is 8.54. The summed E-state index contributed by atoms with van der Waals surface area (Å²) in [5.41, 5.74) is 1.18. The average molecular weight is 350 g/mol. The van der Waals surface area contributed by atoms with E-state index in [1.54, 1.807) is 0 Å². The summed E-state index contributed by atoms with van der Waals surface area (Å²) in [6.45, 7) is 5.87. The van der Waals surface area contributed by atoms with Gasteiger partial charge in [-0.2, -0.15) is 0 Å². The Morgan fingerprint density at radius 1 is 1.12 bits per heavy atom. The second-order valence-corrected chi connectivity index (χ2v) is 6.67. The Bertz CT molecular complexity index is 421. The average Bonchev–Trinajstić information content (AvgIpc) is 2.66. The summed E-state index contributed by atoms with van der Waals surface area (Å²) in [6, 6.07) is 10.1. The largest absolute Gasteiger partial charge is 0.481 e. The van der Waals surface area contributed by atoms with E-state index >= 15 is 0 Å². The second kappa shape index (κ2) is 14.9. The second-order valence-electron chi connectivity index (χ2n) is 6.67. The fourth-order valence-electron chi connectivity index (χ4n) is 2.90. The Labute approximate surface area is 153 Å². The number of nitrogens with one attached hydrogen (secondary N) is 1. The maximum Gasteiger partial charge on any atom is 0.306 e. The molecule has 0 aromatic heterocycles. The Hall–Kier alpha value is -1.39. The predicted molar refractivity (Wildman–Crippen MR) is 103 cm³/mol. The van der Waals surface area contributed by atoms with Crippen LogP contribution in [0.15, 0.2) is 30.3 Å². The van der Waals surface area contributed by atoms with Crippen LogP contribution in [0.25, 0.3) is 0 Å². The first-order chi connectivity index (χ1) is 12.2. The van der Waals surface area contributed by atoms with Crippen molar-refractivity contribution >= 4 is 5.97 Å². The molecule has 1 aliphatic rings. The van der Waals surface area contributed by atoms with E-state index in [1.807, 2.05) is 37.3 Å². The van der Waals surface area contributed by atoms with Crippen LogP contribution in [0.1, 0.15) is 63.9 Å². The van der Waals surface area contributed by atoms with Crippen LogP contribution in [0.5, 0.6) is 0 Å². The molecule has 1 aromatic carbocycles. The van der Waals surface area contributed by atoms with Gasteiger partial charge in [-0.25, -0.2) is 0 Å². The topological polar surface area (TPSA) is 58.6 Å². The van der Waals surface area contributed by atoms with Crippen molar-refractivity contribution in [3.8, 4) is 0 Å². The van der Waals surface area contributed by atoms with Crippen LogP contribution in [0.4, 0.5) is 0 Å². The van der Waals surface area contributed by atoms with E-state index in [0.717, 1.165) is 32.1 Å². The molecular formula is C21H35NO3. The van der Waals surface area contributed by atoms with E-state index in [1.165, 1.54) is 37.9 Å². The zero-order valence-electron chi connectivity index (χ0n) is 15.7. The van der Waals surface area contributed by atoms with Crippen molar-refractivity contribution in [3.05, 3.63) is 35.9 Å². The van der Waals surface area contributed by atoms with Crippen LogP contribution >= 0.6 is 0 Å². The third-order valence-corrected chi connectivity index (χ3v) is 4.40. The number of benzene rings is 1. The lowest BCUT2D eigenvalue weighted by molar-refractivity contribution is -0.142. The van der Waals surface area contributed by atoms with Gasteiger partial charge in [-0.1, -0.05) is 56.5 Å². The fraction of sp³-hybridized carbons (Fsp3) is 0.667. The summed E-state index contributed by atoms with van der Waals surface area (Å²) in [5, 5.41) is 12.3. The predicted octanol–water partition coefficient (Wildman–Crippen LogP) is 4.63. The normalized spacial score (nSPS) is 15.1. The molecule has 0 saturated carbocycles. The highest BCUT2D eigenvalue weighted by Crippen LogP contribution is 2.15. The first-order valence-corrected chi connectivity index (χ1v) is 9.79. The van der Waals surface area contributed by atoms with Gasteiger partial charge in [0.15, 0.2) is 0 Å². The van der Waals surface area contributed by atoms with Crippen LogP contribution in [-0.4, -0.2) is 30.8 Å². The van der Waals surface area contributed by atoms with Gasteiger partial charge in [-0.15, -0.1) is 0 Å². The minimum absolute atomic E-state index is 0.181. The highest BCUT2D eigenvalue weighted by molar-refractivity contribution is 5.69. The van der Waals surface area contributed by atoms with Crippen molar-refractivity contribution in [2.75, 3.05) is 19.7 Å². The SMILES string of the molecule is C1CCNCC1.CCCC(CCCCOCc1ccccc1)C(=O)O. The van der Waals surface area contributed by atoms with Crippen molar-refractivity contribution in [1.82, 2.24) is 5.32 Å². The van der Waals surface area contributed by atoms with Crippen LogP contribution in [0.3, 0.4) is 0 Å². The molecule has 1 heterocycles. The molecular weight excluding hydrogens is 314 g/mol. The zero-order chi connectivity index (χ0) is 18.2. The number of hydrogen-bond donors (Lipinski definition) is 2. The van der Waals surface area contributed by atoms with E-state index in [-0.39, 0.29) is 5.92 Å². The molecule has 1 aliphatic heterocycles. The van der Waals surface area contributed by atoms with Crippen molar-refractivity contribution in [3.63, 3.8) is 0 Å². The van der Waals surface area contributed by atoms with E-state index < -0.39 is 5.97 Å². The van der Waals surface area contributed by atoms with E-state index in [0.29, 0.717) is 13.2 Å². The maximum absolute atomic E-state index is 11.0. The molecule has 25 heavy (non-hydrogen) atoms. The molecule has 2 rings (SSSR count). The number of hydrogen-bond acceptors (Lipinski definition) is 3. The first-order valence-electron chi connectivity index (χ1n) is 9.79. The molecule has 0 spiro atoms. The molecule has 1 unspecified atom stereocenters. The van der Waals surface area contributed by atoms with Gasteiger partial charge >= 0.3 is 5.97 Å². The lowest BCUT2D eigenvalue weighted by atomic mass is 9.97. The summed E-state index contributed by atoms with van der Waals surface area (Å²) in [5.74, 6) is -0.842. The highest BCUT2D eigenvalue weighted by Gasteiger charge is 2.15. The van der Waals surface area contributed by atoms with Crippen LogP contribution in [-0.2, 0) is 16.1 Å². The van der Waals surface area contributed by atoms with Gasteiger partial charge in [0.1, 0.15) is 0 Å². The number of rotatable bonds is 10. The summed E-state index contributed by atoms with van der Waals surface area (Å²) in [7, 11) is 0. The summed E-state index contributed by atoms with van der Waals surface area (Å²) in [4.78, 5) is 11.0. The number of carboxylic acids is 1. The third-order valence-electron chi connectivity index (χ3n) is 4.40. The van der Waals surface area contributed by atoms with Crippen molar-refractivity contribution < 1.29 is 14.6 Å². The van der Waals surface area contributed by atoms with E-state index in [2.05, 4.69) is 5.32 Å². The number of ether oxygens (including phenoxy) is 1. The number of carbonyl (C=O) groups is 1. The van der Waals surface area contributed by atoms with Gasteiger partial charge in [-0.05, 0) is 50.8 Å². The molecule has 0 bridgehead atoms. The fourth-order valence-corrected chi connectivity index (χ4v) is 2.90. The number of unbranched alkanes of at least 4 members (excludes halogenated alkanes) is 1. The molecule has 1 atom stereocenters. The monoisotopic (exact) mass is 349 g/mol. The van der Waals surface area contributed by atoms with Crippen LogP contribution in [0.2, 0.25) is 0 Å². The molecule has 0 radical (unpaired) electrons. The molecule has 4 heteroatoms. The Morgan fingerprint density at radius 2 is 1.84 bits per heavy atom. The van der Waals surface area contributed by atoms with Gasteiger partial charge in [-0.3, -0.25) is 4.79 Å². The Morgan fingerprint density at radius 3 is 2.36 bits per heavy atom. The Kier molecular flexibility index (Phi) is 12.9. The third kappa shape index (κ3) is 11.7. The summed E-state index contributed by atoms with van der Waals surface area (Å²) < 4.78 is 5.57. The molecule has 0 amide bonds. The van der Waals surface area contributed by atoms with Crippen LogP contribution in [0, 0.1) is 5.92 Å². The van der Waals surface area contributed by atoms with Gasteiger partial charge < -0.3 is 15.2 Å². The molecule has 2 N–H and O–H groups in total. The molecule has 0 aliphatic carbocycles. The Balaban J connectivity index is 0.000000435. The van der Waals surface area contributed by atoms with E-state index in [9.17, 15) is 4.79 Å². The van der Waals surface area contributed by atoms with Crippen molar-refractivity contribution in [1.29, 1.82) is 0 Å². The highest BCUT2D eigenvalue weighted by atomic mass is 16.5.